The van der Waals surface area contributed by atoms with Crippen LogP contribution in [0, 0.1) is 5.92 Å². The zero-order valence-electron chi connectivity index (χ0n) is 6.77. The van der Waals surface area contributed by atoms with Gasteiger partial charge in [0, 0.05) is 6.04 Å². The molecule has 0 bridgehead atoms. The van der Waals surface area contributed by atoms with Gasteiger partial charge in [0.05, 0.1) is 0 Å². The molecule has 0 aromatic carbocycles. The van der Waals surface area contributed by atoms with Crippen molar-refractivity contribution in [2.24, 2.45) is 5.92 Å². The van der Waals surface area contributed by atoms with E-state index >= 15 is 0 Å². The summed E-state index contributed by atoms with van der Waals surface area (Å²) in [7, 11) is 0. The van der Waals surface area contributed by atoms with Crippen LogP contribution in [0.15, 0.2) is 12.7 Å². The predicted octanol–water partition coefficient (Wildman–Crippen LogP) is 1.95. The van der Waals surface area contributed by atoms with E-state index in [9.17, 15) is 0 Å². The van der Waals surface area contributed by atoms with Gasteiger partial charge in [-0.05, 0) is 38.6 Å². The first-order valence-corrected chi connectivity index (χ1v) is 4.19. The van der Waals surface area contributed by atoms with Crippen molar-refractivity contribution < 1.29 is 0 Å². The lowest BCUT2D eigenvalue weighted by Gasteiger charge is -2.06. The average molecular weight is 139 g/mol. The van der Waals surface area contributed by atoms with Gasteiger partial charge in [-0.1, -0.05) is 6.08 Å². The molecule has 10 heavy (non-hydrogen) atoms. The van der Waals surface area contributed by atoms with Crippen molar-refractivity contribution in [3.05, 3.63) is 12.7 Å². The van der Waals surface area contributed by atoms with Gasteiger partial charge in [-0.2, -0.15) is 0 Å². The van der Waals surface area contributed by atoms with Crippen LogP contribution in [0.5, 0.6) is 0 Å². The molecule has 0 aromatic rings. The largest absolute Gasteiger partial charge is 0.314 e. The van der Waals surface area contributed by atoms with E-state index in [1.165, 1.54) is 19.3 Å². The molecule has 0 aliphatic carbocycles. The lowest BCUT2D eigenvalue weighted by atomic mass is 10.00. The predicted molar refractivity (Wildman–Crippen MR) is 45.0 cm³/mol. The van der Waals surface area contributed by atoms with Crippen molar-refractivity contribution >= 4 is 0 Å². The highest BCUT2D eigenvalue weighted by Crippen LogP contribution is 2.16. The van der Waals surface area contributed by atoms with E-state index in [0.29, 0.717) is 6.04 Å². The molecule has 0 radical (unpaired) electrons. The van der Waals surface area contributed by atoms with E-state index < -0.39 is 0 Å². The van der Waals surface area contributed by atoms with Crippen LogP contribution >= 0.6 is 0 Å². The fourth-order valence-corrected chi connectivity index (χ4v) is 1.46. The fraction of sp³-hybridized carbons (Fsp3) is 0.778. The molecule has 1 rings (SSSR count). The Morgan fingerprint density at radius 2 is 2.20 bits per heavy atom. The molecule has 2 atom stereocenters. The molecule has 2 unspecified atom stereocenters. The first-order chi connectivity index (χ1) is 4.83. The van der Waals surface area contributed by atoms with Crippen LogP contribution in [0.4, 0.5) is 0 Å². The Morgan fingerprint density at radius 3 is 2.90 bits per heavy atom. The molecular formula is C9H17N. The molecule has 1 nitrogen and oxygen atoms in total. The maximum atomic E-state index is 3.82. The van der Waals surface area contributed by atoms with Crippen molar-refractivity contribution in [3.8, 4) is 0 Å². The van der Waals surface area contributed by atoms with E-state index in [1.807, 2.05) is 0 Å². The number of rotatable bonds is 1. The molecule has 1 heterocycles. The van der Waals surface area contributed by atoms with Crippen molar-refractivity contribution in [2.45, 2.75) is 32.2 Å². The quantitative estimate of drug-likeness (QED) is 0.547. The highest BCUT2D eigenvalue weighted by Gasteiger charge is 2.11. The van der Waals surface area contributed by atoms with E-state index in [4.69, 9.17) is 0 Å². The summed E-state index contributed by atoms with van der Waals surface area (Å²) in [5.74, 6) is 0.762. The van der Waals surface area contributed by atoms with Crippen molar-refractivity contribution in [2.75, 3.05) is 6.54 Å². The van der Waals surface area contributed by atoms with Gasteiger partial charge in [0.15, 0.2) is 0 Å². The smallest absolute Gasteiger partial charge is 0.00389 e. The SMILES string of the molecule is C=CC1CCNC(C)CC1. The second-order valence-electron chi connectivity index (χ2n) is 3.22. The summed E-state index contributed by atoms with van der Waals surface area (Å²) < 4.78 is 0. The Morgan fingerprint density at radius 1 is 1.40 bits per heavy atom. The Kier molecular flexibility index (Phi) is 2.94. The van der Waals surface area contributed by atoms with Crippen molar-refractivity contribution in [1.82, 2.24) is 5.32 Å². The van der Waals surface area contributed by atoms with Gasteiger partial charge in [-0.3, -0.25) is 0 Å². The molecule has 58 valence electrons. The Labute approximate surface area is 63.5 Å². The normalized spacial score (nSPS) is 34.9. The Hall–Kier alpha value is -0.300. The summed E-state index contributed by atoms with van der Waals surface area (Å²) in [6.07, 6.45) is 5.99. The summed E-state index contributed by atoms with van der Waals surface area (Å²) in [6.45, 7) is 7.24. The van der Waals surface area contributed by atoms with Crippen LogP contribution in [0.2, 0.25) is 0 Å². The molecule has 0 aromatic heterocycles. The maximum absolute atomic E-state index is 3.82. The number of hydrogen-bond acceptors (Lipinski definition) is 1. The zero-order valence-corrected chi connectivity index (χ0v) is 6.77. The van der Waals surface area contributed by atoms with Crippen molar-refractivity contribution in [1.29, 1.82) is 0 Å². The second kappa shape index (κ2) is 3.77. The summed E-state index contributed by atoms with van der Waals surface area (Å²) in [6, 6.07) is 0.713. The summed E-state index contributed by atoms with van der Waals surface area (Å²) in [5.41, 5.74) is 0. The average Bonchev–Trinajstić information content (AvgIpc) is 2.14. The van der Waals surface area contributed by atoms with Crippen LogP contribution in [-0.2, 0) is 0 Å². The summed E-state index contributed by atoms with van der Waals surface area (Å²) in [5, 5.41) is 3.46. The van der Waals surface area contributed by atoms with Crippen LogP contribution in [0.25, 0.3) is 0 Å². The van der Waals surface area contributed by atoms with Gasteiger partial charge < -0.3 is 5.32 Å². The van der Waals surface area contributed by atoms with Crippen LogP contribution in [0.3, 0.4) is 0 Å². The summed E-state index contributed by atoms with van der Waals surface area (Å²) in [4.78, 5) is 0. The third kappa shape index (κ3) is 2.14. The topological polar surface area (TPSA) is 12.0 Å². The van der Waals surface area contributed by atoms with E-state index in [0.717, 1.165) is 12.5 Å². The molecule has 1 fully saturated rings. The number of allylic oxidation sites excluding steroid dienone is 1. The maximum Gasteiger partial charge on any atom is 0.00389 e. The Bertz CT molecular complexity index is 109. The van der Waals surface area contributed by atoms with E-state index in [1.54, 1.807) is 0 Å². The molecule has 1 aliphatic heterocycles. The number of hydrogen-bond donors (Lipinski definition) is 1. The minimum atomic E-state index is 0.713. The highest BCUT2D eigenvalue weighted by molar-refractivity contribution is 4.83. The van der Waals surface area contributed by atoms with Gasteiger partial charge in [0.2, 0.25) is 0 Å². The fourth-order valence-electron chi connectivity index (χ4n) is 1.46. The molecular weight excluding hydrogens is 122 g/mol. The lowest BCUT2D eigenvalue weighted by Crippen LogP contribution is -2.24. The van der Waals surface area contributed by atoms with Gasteiger partial charge in [0.1, 0.15) is 0 Å². The lowest BCUT2D eigenvalue weighted by molar-refractivity contribution is 0.540. The first-order valence-electron chi connectivity index (χ1n) is 4.19. The Balaban J connectivity index is 2.32. The number of nitrogens with one attached hydrogen (secondary N) is 1. The van der Waals surface area contributed by atoms with Crippen LogP contribution in [0.1, 0.15) is 26.2 Å². The monoisotopic (exact) mass is 139 g/mol. The highest BCUT2D eigenvalue weighted by atomic mass is 14.9. The second-order valence-corrected chi connectivity index (χ2v) is 3.22. The standard InChI is InChI=1S/C9H17N/c1-3-9-5-4-8(2)10-7-6-9/h3,8-10H,1,4-7H2,2H3. The molecule has 1 aliphatic rings. The molecule has 1 saturated heterocycles. The zero-order chi connectivity index (χ0) is 7.40. The van der Waals surface area contributed by atoms with E-state index in [-0.39, 0.29) is 0 Å². The first kappa shape index (κ1) is 7.80. The molecule has 0 spiro atoms. The van der Waals surface area contributed by atoms with Gasteiger partial charge in [0.25, 0.3) is 0 Å². The van der Waals surface area contributed by atoms with Gasteiger partial charge in [-0.15, -0.1) is 6.58 Å². The molecule has 1 N–H and O–H groups in total. The van der Waals surface area contributed by atoms with Crippen LogP contribution in [-0.4, -0.2) is 12.6 Å². The van der Waals surface area contributed by atoms with E-state index in [2.05, 4.69) is 24.9 Å². The summed E-state index contributed by atoms with van der Waals surface area (Å²) >= 11 is 0. The van der Waals surface area contributed by atoms with Crippen molar-refractivity contribution in [3.63, 3.8) is 0 Å². The third-order valence-corrected chi connectivity index (χ3v) is 2.31. The van der Waals surface area contributed by atoms with Gasteiger partial charge in [-0.25, -0.2) is 0 Å². The molecule has 0 saturated carbocycles. The minimum absolute atomic E-state index is 0.713. The molecule has 0 amide bonds. The minimum Gasteiger partial charge on any atom is -0.314 e. The van der Waals surface area contributed by atoms with Crippen LogP contribution < -0.4 is 5.32 Å². The van der Waals surface area contributed by atoms with Gasteiger partial charge >= 0.3 is 0 Å². The third-order valence-electron chi connectivity index (χ3n) is 2.31. The molecule has 1 heteroatoms.